The first kappa shape index (κ1) is 13.5. The van der Waals surface area contributed by atoms with Crippen LogP contribution in [0.4, 0.5) is 5.69 Å². The van der Waals surface area contributed by atoms with Crippen LogP contribution in [-0.4, -0.2) is 19.0 Å². The number of rotatable bonds is 5. The normalized spacial score (nSPS) is 9.82. The molecule has 0 saturated heterocycles. The van der Waals surface area contributed by atoms with Crippen LogP contribution in [0.5, 0.6) is 0 Å². The Balaban J connectivity index is 2.35. The van der Waals surface area contributed by atoms with E-state index in [4.69, 9.17) is 0 Å². The monoisotopic (exact) mass is 232 g/mol. The molecule has 0 aliphatic rings. The molecule has 1 aromatic carbocycles. The van der Waals surface area contributed by atoms with Crippen molar-refractivity contribution < 1.29 is 4.79 Å². The summed E-state index contributed by atoms with van der Waals surface area (Å²) in [4.78, 5) is 11.6. The lowest BCUT2D eigenvalue weighted by atomic mass is 10.2. The van der Waals surface area contributed by atoms with E-state index in [-0.39, 0.29) is 5.91 Å². The molecule has 0 unspecified atom stereocenters. The number of hydrogen-bond acceptors (Lipinski definition) is 2. The molecular weight excluding hydrogens is 212 g/mol. The minimum Gasteiger partial charge on any atom is -0.325 e. The number of amides is 1. The first-order valence-electron chi connectivity index (χ1n) is 5.79. The van der Waals surface area contributed by atoms with Crippen molar-refractivity contribution in [3.8, 4) is 0 Å². The zero-order valence-electron chi connectivity index (χ0n) is 10.7. The second-order valence-electron chi connectivity index (χ2n) is 4.28. The van der Waals surface area contributed by atoms with Crippen LogP contribution >= 0.6 is 0 Å². The molecule has 1 amide bonds. The maximum Gasteiger partial charge on any atom is 0.238 e. The van der Waals surface area contributed by atoms with Gasteiger partial charge >= 0.3 is 0 Å². The Bertz CT molecular complexity index is 406. The predicted octanol–water partition coefficient (Wildman–Crippen LogP) is 2.49. The van der Waals surface area contributed by atoms with Crippen LogP contribution in [0, 0.1) is 6.92 Å². The molecule has 0 heterocycles. The van der Waals surface area contributed by atoms with E-state index < -0.39 is 0 Å². The lowest BCUT2D eigenvalue weighted by Crippen LogP contribution is -2.28. The summed E-state index contributed by atoms with van der Waals surface area (Å²) >= 11 is 0. The molecule has 0 saturated carbocycles. The van der Waals surface area contributed by atoms with Crippen LogP contribution in [-0.2, 0) is 4.79 Å². The van der Waals surface area contributed by atoms with Crippen LogP contribution in [0.3, 0.4) is 0 Å². The second kappa shape index (κ2) is 6.86. The SMILES string of the molecule is CC(C)=CCNCC(=O)Nc1ccccc1C. The summed E-state index contributed by atoms with van der Waals surface area (Å²) in [6, 6.07) is 7.76. The maximum atomic E-state index is 11.6. The summed E-state index contributed by atoms with van der Waals surface area (Å²) in [7, 11) is 0. The van der Waals surface area contributed by atoms with Gasteiger partial charge in [0.1, 0.15) is 0 Å². The lowest BCUT2D eigenvalue weighted by molar-refractivity contribution is -0.115. The quantitative estimate of drug-likeness (QED) is 0.605. The Labute approximate surface area is 103 Å². The molecule has 0 atom stereocenters. The molecular formula is C14H20N2O. The van der Waals surface area contributed by atoms with Gasteiger partial charge in [-0.3, -0.25) is 4.79 Å². The zero-order valence-corrected chi connectivity index (χ0v) is 10.7. The van der Waals surface area contributed by atoms with Crippen LogP contribution in [0.2, 0.25) is 0 Å². The number of benzene rings is 1. The zero-order chi connectivity index (χ0) is 12.7. The van der Waals surface area contributed by atoms with Crippen molar-refractivity contribution in [2.75, 3.05) is 18.4 Å². The van der Waals surface area contributed by atoms with Gasteiger partial charge in [-0.25, -0.2) is 0 Å². The number of para-hydroxylation sites is 1. The average molecular weight is 232 g/mol. The Kier molecular flexibility index (Phi) is 5.43. The van der Waals surface area contributed by atoms with Crippen LogP contribution in [0.25, 0.3) is 0 Å². The van der Waals surface area contributed by atoms with E-state index in [2.05, 4.69) is 16.7 Å². The molecule has 3 nitrogen and oxygen atoms in total. The van der Waals surface area contributed by atoms with Crippen molar-refractivity contribution in [2.45, 2.75) is 20.8 Å². The third-order valence-corrected chi connectivity index (χ3v) is 2.36. The van der Waals surface area contributed by atoms with E-state index in [9.17, 15) is 4.79 Å². The molecule has 1 aromatic rings. The third-order valence-electron chi connectivity index (χ3n) is 2.36. The van der Waals surface area contributed by atoms with Crippen molar-refractivity contribution in [2.24, 2.45) is 0 Å². The van der Waals surface area contributed by atoms with E-state index in [0.29, 0.717) is 6.54 Å². The summed E-state index contributed by atoms with van der Waals surface area (Å²) in [5.74, 6) is -0.0125. The fourth-order valence-corrected chi connectivity index (χ4v) is 1.37. The Morgan fingerprint density at radius 1 is 1.29 bits per heavy atom. The Morgan fingerprint density at radius 2 is 2.00 bits per heavy atom. The smallest absolute Gasteiger partial charge is 0.238 e. The molecule has 0 fully saturated rings. The molecule has 92 valence electrons. The lowest BCUT2D eigenvalue weighted by Gasteiger charge is -2.08. The summed E-state index contributed by atoms with van der Waals surface area (Å²) in [5, 5.41) is 5.94. The largest absolute Gasteiger partial charge is 0.325 e. The number of carbonyl (C=O) groups is 1. The number of nitrogens with one attached hydrogen (secondary N) is 2. The predicted molar refractivity (Wildman–Crippen MR) is 72.1 cm³/mol. The fourth-order valence-electron chi connectivity index (χ4n) is 1.37. The highest BCUT2D eigenvalue weighted by atomic mass is 16.1. The van der Waals surface area contributed by atoms with E-state index in [1.807, 2.05) is 45.0 Å². The van der Waals surface area contributed by atoms with Crippen molar-refractivity contribution in [3.63, 3.8) is 0 Å². The minimum absolute atomic E-state index is 0.0125. The number of carbonyl (C=O) groups excluding carboxylic acids is 1. The van der Waals surface area contributed by atoms with E-state index >= 15 is 0 Å². The number of aryl methyl sites for hydroxylation is 1. The van der Waals surface area contributed by atoms with Crippen LogP contribution in [0.15, 0.2) is 35.9 Å². The van der Waals surface area contributed by atoms with Gasteiger partial charge in [-0.2, -0.15) is 0 Å². The summed E-state index contributed by atoms with van der Waals surface area (Å²) < 4.78 is 0. The van der Waals surface area contributed by atoms with E-state index in [0.717, 1.165) is 17.8 Å². The highest BCUT2D eigenvalue weighted by molar-refractivity contribution is 5.92. The first-order valence-corrected chi connectivity index (χ1v) is 5.79. The molecule has 0 spiro atoms. The Hall–Kier alpha value is -1.61. The molecule has 0 radical (unpaired) electrons. The van der Waals surface area contributed by atoms with Gasteiger partial charge in [-0.15, -0.1) is 0 Å². The summed E-state index contributed by atoms with van der Waals surface area (Å²) in [6.07, 6.45) is 2.06. The van der Waals surface area contributed by atoms with Gasteiger partial charge in [-0.1, -0.05) is 29.8 Å². The molecule has 0 aromatic heterocycles. The highest BCUT2D eigenvalue weighted by Crippen LogP contribution is 2.12. The minimum atomic E-state index is -0.0125. The maximum absolute atomic E-state index is 11.6. The summed E-state index contributed by atoms with van der Waals surface area (Å²) in [5.41, 5.74) is 3.20. The highest BCUT2D eigenvalue weighted by Gasteiger charge is 2.02. The molecule has 2 N–H and O–H groups in total. The third kappa shape index (κ3) is 5.31. The van der Waals surface area contributed by atoms with E-state index in [1.165, 1.54) is 5.57 Å². The number of hydrogen-bond donors (Lipinski definition) is 2. The topological polar surface area (TPSA) is 41.1 Å². The van der Waals surface area contributed by atoms with Crippen molar-refractivity contribution in [1.82, 2.24) is 5.32 Å². The Morgan fingerprint density at radius 3 is 2.65 bits per heavy atom. The summed E-state index contributed by atoms with van der Waals surface area (Å²) in [6.45, 7) is 7.11. The van der Waals surface area contributed by atoms with Gasteiger partial charge < -0.3 is 10.6 Å². The van der Waals surface area contributed by atoms with E-state index in [1.54, 1.807) is 0 Å². The van der Waals surface area contributed by atoms with Gasteiger partial charge in [0.25, 0.3) is 0 Å². The van der Waals surface area contributed by atoms with Crippen molar-refractivity contribution in [1.29, 1.82) is 0 Å². The van der Waals surface area contributed by atoms with Crippen molar-refractivity contribution >= 4 is 11.6 Å². The fraction of sp³-hybridized carbons (Fsp3) is 0.357. The molecule has 0 aliphatic carbocycles. The number of anilines is 1. The molecule has 0 bridgehead atoms. The van der Waals surface area contributed by atoms with Gasteiger partial charge in [0.15, 0.2) is 0 Å². The molecule has 3 heteroatoms. The number of allylic oxidation sites excluding steroid dienone is 1. The first-order chi connectivity index (χ1) is 8.09. The average Bonchev–Trinajstić information content (AvgIpc) is 2.27. The van der Waals surface area contributed by atoms with Crippen LogP contribution < -0.4 is 10.6 Å². The standard InChI is InChI=1S/C14H20N2O/c1-11(2)8-9-15-10-14(17)16-13-7-5-4-6-12(13)3/h4-8,15H,9-10H2,1-3H3,(H,16,17). The molecule has 0 aliphatic heterocycles. The second-order valence-corrected chi connectivity index (χ2v) is 4.28. The van der Waals surface area contributed by atoms with Gasteiger partial charge in [0.05, 0.1) is 6.54 Å². The molecule has 17 heavy (non-hydrogen) atoms. The van der Waals surface area contributed by atoms with Crippen LogP contribution in [0.1, 0.15) is 19.4 Å². The van der Waals surface area contributed by atoms with Gasteiger partial charge in [-0.05, 0) is 32.4 Å². The van der Waals surface area contributed by atoms with Crippen molar-refractivity contribution in [3.05, 3.63) is 41.5 Å². The molecule has 1 rings (SSSR count). The van der Waals surface area contributed by atoms with Gasteiger partial charge in [0.2, 0.25) is 5.91 Å². The van der Waals surface area contributed by atoms with Gasteiger partial charge in [0, 0.05) is 12.2 Å².